The molecule has 6 heteroatoms. The van der Waals surface area contributed by atoms with Crippen molar-refractivity contribution in [2.75, 3.05) is 11.4 Å². The van der Waals surface area contributed by atoms with Crippen molar-refractivity contribution in [2.24, 2.45) is 0 Å². The van der Waals surface area contributed by atoms with Crippen LogP contribution in [0.2, 0.25) is 0 Å². The SMILES string of the molecule is CCn1cc(/C=C(\NC(=O)c2ccccc2F)C(=O)N2CCc3ccccc32)c2ccccc21. The average Bonchev–Trinajstić information content (AvgIpc) is 3.45. The molecule has 34 heavy (non-hydrogen) atoms. The molecule has 3 aromatic carbocycles. The highest BCUT2D eigenvalue weighted by Crippen LogP contribution is 2.30. The molecule has 0 spiro atoms. The number of nitrogens with zero attached hydrogens (tertiary/aromatic N) is 2. The maximum Gasteiger partial charge on any atom is 0.274 e. The van der Waals surface area contributed by atoms with E-state index in [1.54, 1.807) is 17.0 Å². The van der Waals surface area contributed by atoms with E-state index in [0.717, 1.165) is 40.7 Å². The van der Waals surface area contributed by atoms with Crippen LogP contribution in [0.5, 0.6) is 0 Å². The first-order valence-electron chi connectivity index (χ1n) is 11.3. The number of carbonyl (C=O) groups excluding carboxylic acids is 2. The smallest absolute Gasteiger partial charge is 0.274 e. The zero-order valence-corrected chi connectivity index (χ0v) is 18.8. The van der Waals surface area contributed by atoms with Crippen molar-refractivity contribution in [2.45, 2.75) is 19.9 Å². The van der Waals surface area contributed by atoms with E-state index in [1.165, 1.54) is 18.2 Å². The van der Waals surface area contributed by atoms with Crippen LogP contribution in [-0.4, -0.2) is 22.9 Å². The van der Waals surface area contributed by atoms with E-state index < -0.39 is 11.7 Å². The Morgan fingerprint density at radius 3 is 2.56 bits per heavy atom. The summed E-state index contributed by atoms with van der Waals surface area (Å²) in [7, 11) is 0. The minimum atomic E-state index is -0.663. The number of fused-ring (bicyclic) bond motifs is 2. The second kappa shape index (κ2) is 8.98. The van der Waals surface area contributed by atoms with Crippen LogP contribution in [0.1, 0.15) is 28.4 Å². The molecule has 2 heterocycles. The lowest BCUT2D eigenvalue weighted by Crippen LogP contribution is -2.37. The Morgan fingerprint density at radius 2 is 1.74 bits per heavy atom. The first kappa shape index (κ1) is 21.6. The number of carbonyl (C=O) groups is 2. The Labute approximate surface area is 197 Å². The van der Waals surface area contributed by atoms with Crippen molar-refractivity contribution in [1.29, 1.82) is 0 Å². The molecule has 1 aliphatic heterocycles. The minimum absolute atomic E-state index is 0.101. The van der Waals surface area contributed by atoms with Gasteiger partial charge in [0.1, 0.15) is 11.5 Å². The third kappa shape index (κ3) is 3.88. The van der Waals surface area contributed by atoms with Crippen LogP contribution in [-0.2, 0) is 17.8 Å². The van der Waals surface area contributed by atoms with Crippen LogP contribution in [0.4, 0.5) is 10.1 Å². The van der Waals surface area contributed by atoms with Gasteiger partial charge in [-0.05, 0) is 49.2 Å². The number of amides is 2. The molecule has 0 radical (unpaired) electrons. The van der Waals surface area contributed by atoms with Gasteiger partial charge in [0, 0.05) is 41.4 Å². The molecule has 1 aliphatic rings. The second-order valence-corrected chi connectivity index (χ2v) is 8.22. The third-order valence-electron chi connectivity index (χ3n) is 6.19. The molecule has 2 amide bonds. The van der Waals surface area contributed by atoms with E-state index in [1.807, 2.05) is 61.7 Å². The van der Waals surface area contributed by atoms with Gasteiger partial charge in [-0.25, -0.2) is 4.39 Å². The summed E-state index contributed by atoms with van der Waals surface area (Å²) in [5, 5.41) is 3.67. The van der Waals surface area contributed by atoms with Gasteiger partial charge in [0.25, 0.3) is 11.8 Å². The van der Waals surface area contributed by atoms with E-state index in [2.05, 4.69) is 9.88 Å². The molecular formula is C28H24FN3O2. The van der Waals surface area contributed by atoms with E-state index in [-0.39, 0.29) is 17.2 Å². The number of para-hydroxylation sites is 2. The lowest BCUT2D eigenvalue weighted by Gasteiger charge is -2.20. The van der Waals surface area contributed by atoms with Crippen LogP contribution in [0.25, 0.3) is 17.0 Å². The first-order chi connectivity index (χ1) is 16.6. The number of aryl methyl sites for hydroxylation is 1. The lowest BCUT2D eigenvalue weighted by molar-refractivity contribution is -0.115. The normalized spacial score (nSPS) is 13.2. The standard InChI is InChI=1S/C28H24FN3O2/c1-2-31-18-20(21-10-5-8-14-26(21)31)17-24(30-27(33)22-11-4-6-12-23(22)29)28(34)32-16-15-19-9-3-7-13-25(19)32/h3-14,17-18H,2,15-16H2,1H3,(H,30,33)/b24-17-. The number of benzene rings is 3. The van der Waals surface area contributed by atoms with Gasteiger partial charge in [-0.3, -0.25) is 9.59 Å². The summed E-state index contributed by atoms with van der Waals surface area (Å²) >= 11 is 0. The van der Waals surface area contributed by atoms with Crippen molar-refractivity contribution in [3.05, 3.63) is 107 Å². The molecule has 5 nitrogen and oxygen atoms in total. The molecule has 1 N–H and O–H groups in total. The fourth-order valence-corrected chi connectivity index (χ4v) is 4.49. The van der Waals surface area contributed by atoms with Gasteiger partial charge in [0.05, 0.1) is 5.56 Å². The Bertz CT molecular complexity index is 1440. The average molecular weight is 454 g/mol. The number of hydrogen-bond donors (Lipinski definition) is 1. The number of anilines is 1. The number of halogens is 1. The van der Waals surface area contributed by atoms with Gasteiger partial charge in [0.15, 0.2) is 0 Å². The number of aromatic nitrogens is 1. The Balaban J connectivity index is 1.59. The third-order valence-corrected chi connectivity index (χ3v) is 6.19. The molecule has 0 bridgehead atoms. The molecule has 170 valence electrons. The second-order valence-electron chi connectivity index (χ2n) is 8.22. The molecule has 4 aromatic rings. The minimum Gasteiger partial charge on any atom is -0.347 e. The van der Waals surface area contributed by atoms with Gasteiger partial charge in [-0.2, -0.15) is 0 Å². The van der Waals surface area contributed by atoms with Crippen molar-refractivity contribution >= 4 is 34.5 Å². The van der Waals surface area contributed by atoms with Crippen LogP contribution < -0.4 is 10.2 Å². The summed E-state index contributed by atoms with van der Waals surface area (Å²) in [4.78, 5) is 28.4. The summed E-state index contributed by atoms with van der Waals surface area (Å²) < 4.78 is 16.4. The summed E-state index contributed by atoms with van der Waals surface area (Å²) in [5.74, 6) is -1.63. The van der Waals surface area contributed by atoms with Crippen molar-refractivity contribution in [1.82, 2.24) is 9.88 Å². The van der Waals surface area contributed by atoms with Gasteiger partial charge in [0.2, 0.25) is 0 Å². The fourth-order valence-electron chi connectivity index (χ4n) is 4.49. The molecule has 0 unspecified atom stereocenters. The van der Waals surface area contributed by atoms with Crippen LogP contribution in [0.3, 0.4) is 0 Å². The summed E-state index contributed by atoms with van der Waals surface area (Å²) in [6.07, 6.45) is 4.40. The van der Waals surface area contributed by atoms with Crippen molar-refractivity contribution < 1.29 is 14.0 Å². The number of nitrogens with one attached hydrogen (secondary N) is 1. The van der Waals surface area contributed by atoms with E-state index in [9.17, 15) is 14.0 Å². The Hall–Kier alpha value is -4.19. The maximum atomic E-state index is 14.3. The predicted molar refractivity (Wildman–Crippen MR) is 132 cm³/mol. The molecule has 0 fully saturated rings. The largest absolute Gasteiger partial charge is 0.347 e. The quantitative estimate of drug-likeness (QED) is 0.425. The predicted octanol–water partition coefficient (Wildman–Crippen LogP) is 5.16. The number of rotatable bonds is 5. The Morgan fingerprint density at radius 1 is 1.00 bits per heavy atom. The van der Waals surface area contributed by atoms with E-state index in [0.29, 0.717) is 6.54 Å². The van der Waals surface area contributed by atoms with Gasteiger partial charge in [-0.15, -0.1) is 0 Å². The summed E-state index contributed by atoms with van der Waals surface area (Å²) in [5.41, 5.74) is 3.74. The fraction of sp³-hybridized carbons (Fsp3) is 0.143. The molecule has 1 aromatic heterocycles. The van der Waals surface area contributed by atoms with Crippen LogP contribution >= 0.6 is 0 Å². The topological polar surface area (TPSA) is 54.3 Å². The monoisotopic (exact) mass is 453 g/mol. The van der Waals surface area contributed by atoms with E-state index >= 15 is 0 Å². The van der Waals surface area contributed by atoms with Gasteiger partial charge < -0.3 is 14.8 Å². The first-order valence-corrected chi connectivity index (χ1v) is 11.3. The highest BCUT2D eigenvalue weighted by Gasteiger charge is 2.28. The highest BCUT2D eigenvalue weighted by molar-refractivity contribution is 6.13. The summed E-state index contributed by atoms with van der Waals surface area (Å²) in [6.45, 7) is 3.33. The molecule has 0 aliphatic carbocycles. The molecule has 0 saturated heterocycles. The van der Waals surface area contributed by atoms with Crippen LogP contribution in [0, 0.1) is 5.82 Å². The molecular weight excluding hydrogens is 429 g/mol. The van der Waals surface area contributed by atoms with Crippen molar-refractivity contribution in [3.63, 3.8) is 0 Å². The molecule has 5 rings (SSSR count). The number of hydrogen-bond acceptors (Lipinski definition) is 2. The van der Waals surface area contributed by atoms with E-state index in [4.69, 9.17) is 0 Å². The zero-order chi connectivity index (χ0) is 23.7. The maximum absolute atomic E-state index is 14.3. The molecule has 0 atom stereocenters. The summed E-state index contributed by atoms with van der Waals surface area (Å²) in [6, 6.07) is 21.4. The Kier molecular flexibility index (Phi) is 5.72. The van der Waals surface area contributed by atoms with Crippen molar-refractivity contribution in [3.8, 4) is 0 Å². The van der Waals surface area contributed by atoms with Gasteiger partial charge >= 0.3 is 0 Å². The molecule has 0 saturated carbocycles. The van der Waals surface area contributed by atoms with Gasteiger partial charge in [-0.1, -0.05) is 48.5 Å². The zero-order valence-electron chi connectivity index (χ0n) is 18.8. The van der Waals surface area contributed by atoms with Crippen LogP contribution in [0.15, 0.2) is 84.7 Å². The lowest BCUT2D eigenvalue weighted by atomic mass is 10.1. The highest BCUT2D eigenvalue weighted by atomic mass is 19.1.